The van der Waals surface area contributed by atoms with Crippen molar-refractivity contribution < 1.29 is 9.53 Å². The summed E-state index contributed by atoms with van der Waals surface area (Å²) in [6.07, 6.45) is 0. The summed E-state index contributed by atoms with van der Waals surface area (Å²) in [6.45, 7) is 5.86. The van der Waals surface area contributed by atoms with Crippen LogP contribution in [0.3, 0.4) is 0 Å². The Morgan fingerprint density at radius 1 is 1.00 bits per heavy atom. The summed E-state index contributed by atoms with van der Waals surface area (Å²) < 4.78 is 5.79. The molecule has 0 atom stereocenters. The zero-order valence-electron chi connectivity index (χ0n) is 11.5. The lowest BCUT2D eigenvalue weighted by atomic mass is 10.0. The molecule has 2 nitrogen and oxygen atoms in total. The third-order valence-electron chi connectivity index (χ3n) is 3.02. The molecule has 0 bridgehead atoms. The molecule has 0 aliphatic rings. The number of ether oxygens (including phenoxy) is 1. The van der Waals surface area contributed by atoms with Crippen molar-refractivity contribution >= 4 is 5.78 Å². The molecule has 0 amide bonds. The average Bonchev–Trinajstić information content (AvgIpc) is 2.39. The Balaban J connectivity index is 2.16. The predicted molar refractivity (Wildman–Crippen MR) is 77.1 cm³/mol. The molecule has 0 heterocycles. The maximum absolute atomic E-state index is 11.2. The molecule has 0 saturated heterocycles. The highest BCUT2D eigenvalue weighted by molar-refractivity contribution is 5.94. The van der Waals surface area contributed by atoms with E-state index in [0.29, 0.717) is 11.5 Å². The maximum Gasteiger partial charge on any atom is 0.159 e. The number of hydrogen-bond donors (Lipinski definition) is 0. The van der Waals surface area contributed by atoms with Crippen LogP contribution in [0.4, 0.5) is 0 Å². The molecule has 0 N–H and O–H groups in total. The van der Waals surface area contributed by atoms with Gasteiger partial charge in [-0.2, -0.15) is 0 Å². The topological polar surface area (TPSA) is 26.3 Å². The molecule has 0 spiro atoms. The van der Waals surface area contributed by atoms with E-state index in [2.05, 4.69) is 19.9 Å². The molecular formula is C17H18O2. The lowest BCUT2D eigenvalue weighted by molar-refractivity contribution is 0.101. The lowest BCUT2D eigenvalue weighted by Crippen LogP contribution is -1.92. The van der Waals surface area contributed by atoms with Crippen LogP contribution in [0.2, 0.25) is 0 Å². The molecule has 2 heteroatoms. The van der Waals surface area contributed by atoms with Crippen LogP contribution < -0.4 is 4.74 Å². The van der Waals surface area contributed by atoms with Gasteiger partial charge >= 0.3 is 0 Å². The summed E-state index contributed by atoms with van der Waals surface area (Å²) >= 11 is 0. The highest BCUT2D eigenvalue weighted by atomic mass is 16.5. The third-order valence-corrected chi connectivity index (χ3v) is 3.02. The van der Waals surface area contributed by atoms with Crippen LogP contribution in [0.15, 0.2) is 48.5 Å². The van der Waals surface area contributed by atoms with Gasteiger partial charge < -0.3 is 4.74 Å². The smallest absolute Gasteiger partial charge is 0.159 e. The Hall–Kier alpha value is -2.09. The van der Waals surface area contributed by atoms with Gasteiger partial charge in [0.1, 0.15) is 11.5 Å². The Morgan fingerprint density at radius 3 is 2.26 bits per heavy atom. The van der Waals surface area contributed by atoms with Crippen molar-refractivity contribution in [3.8, 4) is 11.5 Å². The Bertz CT molecular complexity index is 568. The van der Waals surface area contributed by atoms with Crippen molar-refractivity contribution in [3.05, 3.63) is 59.7 Å². The van der Waals surface area contributed by atoms with Crippen LogP contribution in [0.25, 0.3) is 0 Å². The molecule has 0 aliphatic carbocycles. The number of carbonyl (C=O) groups excluding carboxylic acids is 1. The molecule has 98 valence electrons. The molecule has 19 heavy (non-hydrogen) atoms. The number of carbonyl (C=O) groups is 1. The zero-order valence-corrected chi connectivity index (χ0v) is 11.5. The van der Waals surface area contributed by atoms with Crippen molar-refractivity contribution in [3.63, 3.8) is 0 Å². The fraction of sp³-hybridized carbons (Fsp3) is 0.235. The second-order valence-electron chi connectivity index (χ2n) is 4.91. The van der Waals surface area contributed by atoms with Crippen LogP contribution in [0.5, 0.6) is 11.5 Å². The maximum atomic E-state index is 11.2. The molecule has 2 aromatic carbocycles. The van der Waals surface area contributed by atoms with Gasteiger partial charge in [-0.3, -0.25) is 4.79 Å². The van der Waals surface area contributed by atoms with E-state index < -0.39 is 0 Å². The van der Waals surface area contributed by atoms with E-state index in [4.69, 9.17) is 4.74 Å². The number of Topliss-reactive ketones (excluding diaryl/α,β-unsaturated/α-hetero) is 1. The molecule has 0 unspecified atom stereocenters. The third kappa shape index (κ3) is 3.44. The van der Waals surface area contributed by atoms with Crippen molar-refractivity contribution in [1.29, 1.82) is 0 Å². The molecule has 2 rings (SSSR count). The van der Waals surface area contributed by atoms with E-state index in [0.717, 1.165) is 11.5 Å². The van der Waals surface area contributed by atoms with Gasteiger partial charge in [-0.15, -0.1) is 0 Å². The van der Waals surface area contributed by atoms with Crippen molar-refractivity contribution in [2.75, 3.05) is 0 Å². The summed E-state index contributed by atoms with van der Waals surface area (Å²) in [7, 11) is 0. The summed E-state index contributed by atoms with van der Waals surface area (Å²) in [6, 6.07) is 15.3. The fourth-order valence-corrected chi connectivity index (χ4v) is 1.83. The SMILES string of the molecule is CC(=O)c1ccc(Oc2cccc(C(C)C)c2)cc1. The van der Waals surface area contributed by atoms with Crippen molar-refractivity contribution in [2.45, 2.75) is 26.7 Å². The van der Waals surface area contributed by atoms with Gasteiger partial charge in [0.05, 0.1) is 0 Å². The summed E-state index contributed by atoms with van der Waals surface area (Å²) in [4.78, 5) is 11.2. The molecular weight excluding hydrogens is 236 g/mol. The summed E-state index contributed by atoms with van der Waals surface area (Å²) in [5, 5.41) is 0. The average molecular weight is 254 g/mol. The Morgan fingerprint density at radius 2 is 1.68 bits per heavy atom. The van der Waals surface area contributed by atoms with E-state index in [9.17, 15) is 4.79 Å². The van der Waals surface area contributed by atoms with Gasteiger partial charge in [-0.05, 0) is 54.8 Å². The second-order valence-corrected chi connectivity index (χ2v) is 4.91. The number of hydrogen-bond acceptors (Lipinski definition) is 2. The van der Waals surface area contributed by atoms with Crippen LogP contribution in [-0.2, 0) is 0 Å². The summed E-state index contributed by atoms with van der Waals surface area (Å²) in [5.41, 5.74) is 1.95. The first-order valence-corrected chi connectivity index (χ1v) is 6.45. The Kier molecular flexibility index (Phi) is 4.00. The first-order chi connectivity index (χ1) is 9.06. The molecule has 0 aliphatic heterocycles. The monoisotopic (exact) mass is 254 g/mol. The highest BCUT2D eigenvalue weighted by Crippen LogP contribution is 2.25. The minimum absolute atomic E-state index is 0.0633. The molecule has 0 fully saturated rings. The Labute approximate surface area is 114 Å². The van der Waals surface area contributed by atoms with E-state index in [-0.39, 0.29) is 5.78 Å². The van der Waals surface area contributed by atoms with E-state index >= 15 is 0 Å². The second kappa shape index (κ2) is 5.70. The largest absolute Gasteiger partial charge is 0.457 e. The normalized spacial score (nSPS) is 10.5. The van der Waals surface area contributed by atoms with Crippen LogP contribution in [0.1, 0.15) is 42.6 Å². The minimum Gasteiger partial charge on any atom is -0.457 e. The number of benzene rings is 2. The molecule has 0 aromatic heterocycles. The molecule has 0 radical (unpaired) electrons. The highest BCUT2D eigenvalue weighted by Gasteiger charge is 2.03. The van der Waals surface area contributed by atoms with Crippen LogP contribution in [0, 0.1) is 0 Å². The zero-order chi connectivity index (χ0) is 13.8. The van der Waals surface area contributed by atoms with Gasteiger partial charge in [-0.25, -0.2) is 0 Å². The molecule has 0 saturated carbocycles. The van der Waals surface area contributed by atoms with Crippen LogP contribution >= 0.6 is 0 Å². The predicted octanol–water partition coefficient (Wildman–Crippen LogP) is 4.80. The first-order valence-electron chi connectivity index (χ1n) is 6.45. The van der Waals surface area contributed by atoms with Gasteiger partial charge in [0.25, 0.3) is 0 Å². The van der Waals surface area contributed by atoms with Gasteiger partial charge in [0.15, 0.2) is 5.78 Å². The number of ketones is 1. The first kappa shape index (κ1) is 13.3. The van der Waals surface area contributed by atoms with Crippen LogP contribution in [-0.4, -0.2) is 5.78 Å². The van der Waals surface area contributed by atoms with Crippen molar-refractivity contribution in [2.24, 2.45) is 0 Å². The fourth-order valence-electron chi connectivity index (χ4n) is 1.83. The molecule has 2 aromatic rings. The van der Waals surface area contributed by atoms with E-state index in [1.165, 1.54) is 5.56 Å². The van der Waals surface area contributed by atoms with Crippen molar-refractivity contribution in [1.82, 2.24) is 0 Å². The minimum atomic E-state index is 0.0633. The van der Waals surface area contributed by atoms with E-state index in [1.54, 1.807) is 19.1 Å². The number of rotatable bonds is 4. The standard InChI is InChI=1S/C17H18O2/c1-12(2)15-5-4-6-17(11-15)19-16-9-7-14(8-10-16)13(3)18/h4-12H,1-3H3. The quantitative estimate of drug-likeness (QED) is 0.732. The van der Waals surface area contributed by atoms with Gasteiger partial charge in [0.2, 0.25) is 0 Å². The van der Waals surface area contributed by atoms with Gasteiger partial charge in [-0.1, -0.05) is 26.0 Å². The summed E-state index contributed by atoms with van der Waals surface area (Å²) in [5.74, 6) is 2.10. The van der Waals surface area contributed by atoms with E-state index in [1.807, 2.05) is 30.3 Å². The lowest BCUT2D eigenvalue weighted by Gasteiger charge is -2.10. The van der Waals surface area contributed by atoms with Gasteiger partial charge in [0, 0.05) is 5.56 Å².